The van der Waals surface area contributed by atoms with E-state index in [0.717, 1.165) is 25.0 Å². The van der Waals surface area contributed by atoms with Gasteiger partial charge in [-0.15, -0.1) is 0 Å². The van der Waals surface area contributed by atoms with E-state index in [1.807, 2.05) is 6.92 Å². The Morgan fingerprint density at radius 2 is 2.24 bits per heavy atom. The van der Waals surface area contributed by atoms with Gasteiger partial charge in [0.2, 0.25) is 0 Å². The van der Waals surface area contributed by atoms with E-state index in [9.17, 15) is 4.79 Å². The van der Waals surface area contributed by atoms with Crippen molar-refractivity contribution in [2.24, 2.45) is 5.92 Å². The normalized spacial score (nSPS) is 12.4. The zero-order valence-corrected chi connectivity index (χ0v) is 10.5. The maximum Gasteiger partial charge on any atom is 0.287 e. The molecule has 1 unspecified atom stereocenters. The Labute approximate surface area is 102 Å². The molecule has 1 heterocycles. The molecule has 0 aliphatic carbocycles. The van der Waals surface area contributed by atoms with Gasteiger partial charge in [-0.05, 0) is 37.8 Å². The summed E-state index contributed by atoms with van der Waals surface area (Å²) in [5, 5.41) is 11.8. The molecule has 4 nitrogen and oxygen atoms in total. The zero-order chi connectivity index (χ0) is 12.7. The van der Waals surface area contributed by atoms with Crippen LogP contribution in [0.2, 0.25) is 0 Å². The Kier molecular flexibility index (Phi) is 5.77. The number of aliphatic hydroxyl groups excluding tert-OH is 1. The summed E-state index contributed by atoms with van der Waals surface area (Å²) in [4.78, 5) is 11.7. The van der Waals surface area contributed by atoms with Crippen LogP contribution in [0.4, 0.5) is 0 Å². The topological polar surface area (TPSA) is 62.5 Å². The molecular formula is C13H21NO3. The van der Waals surface area contributed by atoms with Crippen LogP contribution in [0.15, 0.2) is 16.5 Å². The molecule has 0 aliphatic heterocycles. The molecule has 1 atom stereocenters. The predicted molar refractivity (Wildman–Crippen MR) is 65.9 cm³/mol. The maximum atomic E-state index is 11.7. The van der Waals surface area contributed by atoms with Gasteiger partial charge in [-0.3, -0.25) is 4.79 Å². The van der Waals surface area contributed by atoms with Gasteiger partial charge in [0.15, 0.2) is 5.76 Å². The molecule has 2 N–H and O–H groups in total. The Hall–Kier alpha value is -1.29. The van der Waals surface area contributed by atoms with Crippen LogP contribution in [0.5, 0.6) is 0 Å². The number of aryl methyl sites for hydroxylation is 1. The zero-order valence-electron chi connectivity index (χ0n) is 10.5. The second-order valence-corrected chi connectivity index (χ2v) is 4.29. The molecule has 0 saturated heterocycles. The lowest BCUT2D eigenvalue weighted by Gasteiger charge is -2.14. The maximum absolute atomic E-state index is 11.7. The number of hydrogen-bond donors (Lipinski definition) is 2. The predicted octanol–water partition coefficient (Wildman–Crippen LogP) is 2.12. The summed E-state index contributed by atoms with van der Waals surface area (Å²) in [6.07, 6.45) is 2.80. The first-order valence-corrected chi connectivity index (χ1v) is 6.12. The van der Waals surface area contributed by atoms with Crippen molar-refractivity contribution in [3.63, 3.8) is 0 Å². The van der Waals surface area contributed by atoms with E-state index in [1.165, 1.54) is 0 Å². The molecule has 1 rings (SSSR count). The van der Waals surface area contributed by atoms with Crippen LogP contribution in [0.25, 0.3) is 0 Å². The van der Waals surface area contributed by atoms with Gasteiger partial charge in [-0.2, -0.15) is 0 Å². The number of nitrogens with one attached hydrogen (secondary N) is 1. The Balaban J connectivity index is 2.40. The minimum absolute atomic E-state index is 0.167. The van der Waals surface area contributed by atoms with Gasteiger partial charge >= 0.3 is 0 Å². The Bertz CT molecular complexity index is 340. The van der Waals surface area contributed by atoms with Gasteiger partial charge in [0.05, 0.1) is 0 Å². The molecule has 1 amide bonds. The number of hydrogen-bond acceptors (Lipinski definition) is 3. The number of carbonyl (C=O) groups excluding carboxylic acids is 1. The molecule has 0 aliphatic rings. The average Bonchev–Trinajstić information content (AvgIpc) is 2.73. The highest BCUT2D eigenvalue weighted by atomic mass is 16.3. The first-order valence-electron chi connectivity index (χ1n) is 6.12. The van der Waals surface area contributed by atoms with E-state index < -0.39 is 0 Å². The average molecular weight is 239 g/mol. The monoisotopic (exact) mass is 239 g/mol. The van der Waals surface area contributed by atoms with E-state index in [2.05, 4.69) is 12.2 Å². The van der Waals surface area contributed by atoms with E-state index in [1.54, 1.807) is 12.1 Å². The van der Waals surface area contributed by atoms with Gasteiger partial charge in [0.1, 0.15) is 5.76 Å². The summed E-state index contributed by atoms with van der Waals surface area (Å²) in [7, 11) is 0. The summed E-state index contributed by atoms with van der Waals surface area (Å²) >= 11 is 0. The van der Waals surface area contributed by atoms with Gasteiger partial charge in [0.25, 0.3) is 5.91 Å². The van der Waals surface area contributed by atoms with E-state index in [0.29, 0.717) is 18.2 Å². The largest absolute Gasteiger partial charge is 0.456 e. The number of carbonyl (C=O) groups is 1. The van der Waals surface area contributed by atoms with Crippen molar-refractivity contribution in [1.82, 2.24) is 5.32 Å². The quantitative estimate of drug-likeness (QED) is 0.766. The summed E-state index contributed by atoms with van der Waals surface area (Å²) in [5.41, 5.74) is 0. The minimum Gasteiger partial charge on any atom is -0.456 e. The lowest BCUT2D eigenvalue weighted by atomic mass is 10.0. The fourth-order valence-electron chi connectivity index (χ4n) is 1.82. The number of amides is 1. The van der Waals surface area contributed by atoms with Crippen LogP contribution in [0, 0.1) is 12.8 Å². The molecule has 0 bridgehead atoms. The van der Waals surface area contributed by atoms with Crippen LogP contribution in [-0.2, 0) is 0 Å². The molecule has 0 saturated carbocycles. The highest BCUT2D eigenvalue weighted by molar-refractivity contribution is 5.91. The van der Waals surface area contributed by atoms with Crippen LogP contribution in [0.3, 0.4) is 0 Å². The first kappa shape index (κ1) is 13.8. The third kappa shape index (κ3) is 4.61. The fourth-order valence-corrected chi connectivity index (χ4v) is 1.82. The molecule has 0 radical (unpaired) electrons. The van der Waals surface area contributed by atoms with Gasteiger partial charge in [-0.1, -0.05) is 13.3 Å². The van der Waals surface area contributed by atoms with Gasteiger partial charge in [0, 0.05) is 13.2 Å². The third-order valence-corrected chi connectivity index (χ3v) is 2.75. The lowest BCUT2D eigenvalue weighted by Crippen LogP contribution is -2.29. The molecule has 17 heavy (non-hydrogen) atoms. The summed E-state index contributed by atoms with van der Waals surface area (Å²) in [5.74, 6) is 1.24. The van der Waals surface area contributed by atoms with E-state index in [4.69, 9.17) is 9.52 Å². The summed E-state index contributed by atoms with van der Waals surface area (Å²) < 4.78 is 5.24. The summed E-state index contributed by atoms with van der Waals surface area (Å²) in [6.45, 7) is 4.66. The van der Waals surface area contributed by atoms with Crippen molar-refractivity contribution in [3.05, 3.63) is 23.7 Å². The standard InChI is InChI=1S/C13H21NO3/c1-3-4-11(7-8-15)9-14-13(16)12-6-5-10(2)17-12/h5-6,11,15H,3-4,7-9H2,1-2H3,(H,14,16). The van der Waals surface area contributed by atoms with Crippen molar-refractivity contribution >= 4 is 5.91 Å². The van der Waals surface area contributed by atoms with Gasteiger partial charge in [-0.25, -0.2) is 0 Å². The van der Waals surface area contributed by atoms with Crippen LogP contribution < -0.4 is 5.32 Å². The molecule has 1 aromatic rings. The van der Waals surface area contributed by atoms with Crippen LogP contribution in [-0.4, -0.2) is 24.2 Å². The molecular weight excluding hydrogens is 218 g/mol. The second-order valence-electron chi connectivity index (χ2n) is 4.29. The molecule has 96 valence electrons. The summed E-state index contributed by atoms with van der Waals surface area (Å²) in [6, 6.07) is 3.44. The van der Waals surface area contributed by atoms with Crippen molar-refractivity contribution in [3.8, 4) is 0 Å². The molecule has 0 aromatic carbocycles. The number of rotatable bonds is 7. The highest BCUT2D eigenvalue weighted by Crippen LogP contribution is 2.10. The van der Waals surface area contributed by atoms with Crippen molar-refractivity contribution in [1.29, 1.82) is 0 Å². The minimum atomic E-state index is -0.183. The lowest BCUT2D eigenvalue weighted by molar-refractivity contribution is 0.0914. The van der Waals surface area contributed by atoms with Crippen molar-refractivity contribution < 1.29 is 14.3 Å². The Morgan fingerprint density at radius 1 is 1.47 bits per heavy atom. The Morgan fingerprint density at radius 3 is 2.76 bits per heavy atom. The molecule has 0 spiro atoms. The number of furan rings is 1. The molecule has 1 aromatic heterocycles. The van der Waals surface area contributed by atoms with E-state index >= 15 is 0 Å². The van der Waals surface area contributed by atoms with Crippen molar-refractivity contribution in [2.45, 2.75) is 33.1 Å². The second kappa shape index (κ2) is 7.12. The first-order chi connectivity index (χ1) is 8.17. The fraction of sp³-hybridized carbons (Fsp3) is 0.615. The highest BCUT2D eigenvalue weighted by Gasteiger charge is 2.12. The van der Waals surface area contributed by atoms with Gasteiger partial charge < -0.3 is 14.8 Å². The smallest absolute Gasteiger partial charge is 0.287 e. The molecule has 4 heteroatoms. The third-order valence-electron chi connectivity index (χ3n) is 2.75. The number of aliphatic hydroxyl groups is 1. The SMILES string of the molecule is CCCC(CCO)CNC(=O)c1ccc(C)o1. The van der Waals surface area contributed by atoms with Crippen molar-refractivity contribution in [2.75, 3.05) is 13.2 Å². The van der Waals surface area contributed by atoms with E-state index in [-0.39, 0.29) is 12.5 Å². The molecule has 0 fully saturated rings. The van der Waals surface area contributed by atoms with Crippen LogP contribution >= 0.6 is 0 Å². The van der Waals surface area contributed by atoms with Crippen LogP contribution in [0.1, 0.15) is 42.5 Å².